The first kappa shape index (κ1) is 14.3. The molecule has 2 unspecified atom stereocenters. The summed E-state index contributed by atoms with van der Waals surface area (Å²) in [5.41, 5.74) is 7.47. The summed E-state index contributed by atoms with van der Waals surface area (Å²) >= 11 is 0. The van der Waals surface area contributed by atoms with E-state index in [1.807, 2.05) is 12.1 Å². The van der Waals surface area contributed by atoms with E-state index in [4.69, 9.17) is 5.73 Å². The van der Waals surface area contributed by atoms with Crippen LogP contribution >= 0.6 is 0 Å². The molecule has 0 spiro atoms. The van der Waals surface area contributed by atoms with Gasteiger partial charge in [-0.15, -0.1) is 0 Å². The number of nitrogens with two attached hydrogens (primary N) is 1. The Bertz CT molecular complexity index is 890. The van der Waals surface area contributed by atoms with Gasteiger partial charge >= 0.3 is 0 Å². The molecule has 0 aromatic heterocycles. The Balaban J connectivity index is 1.60. The second-order valence-electron chi connectivity index (χ2n) is 6.49. The first-order valence-electron chi connectivity index (χ1n) is 7.77. The number of halogens is 2. The van der Waals surface area contributed by atoms with Crippen molar-refractivity contribution in [1.29, 1.82) is 0 Å². The monoisotopic (exact) mass is 309 g/mol. The molecule has 0 radical (unpaired) electrons. The quantitative estimate of drug-likeness (QED) is 0.755. The van der Waals surface area contributed by atoms with Crippen LogP contribution in [0.15, 0.2) is 60.7 Å². The number of fused-ring (bicyclic) bond motifs is 1. The highest BCUT2D eigenvalue weighted by Gasteiger charge is 2.52. The number of rotatable bonds is 3. The first-order valence-corrected chi connectivity index (χ1v) is 7.77. The zero-order valence-corrected chi connectivity index (χ0v) is 12.6. The molecule has 116 valence electrons. The van der Waals surface area contributed by atoms with Crippen LogP contribution in [0.3, 0.4) is 0 Å². The van der Waals surface area contributed by atoms with Crippen molar-refractivity contribution in [2.75, 3.05) is 0 Å². The predicted molar refractivity (Wildman–Crippen MR) is 88.3 cm³/mol. The lowest BCUT2D eigenvalue weighted by molar-refractivity contribution is 0.494. The SMILES string of the molecule is NC1(Cc2ccc3ccccc3c2)CC1c1cccc(F)c1F. The summed E-state index contributed by atoms with van der Waals surface area (Å²) in [6.45, 7) is 0. The Labute approximate surface area is 133 Å². The summed E-state index contributed by atoms with van der Waals surface area (Å²) < 4.78 is 27.4. The van der Waals surface area contributed by atoms with E-state index in [-0.39, 0.29) is 5.92 Å². The highest BCUT2D eigenvalue weighted by molar-refractivity contribution is 5.83. The maximum Gasteiger partial charge on any atom is 0.162 e. The number of benzene rings is 3. The van der Waals surface area contributed by atoms with E-state index in [2.05, 4.69) is 30.3 Å². The van der Waals surface area contributed by atoms with Gasteiger partial charge < -0.3 is 5.73 Å². The lowest BCUT2D eigenvalue weighted by Crippen LogP contribution is -2.27. The Morgan fingerprint density at radius 1 is 0.957 bits per heavy atom. The maximum atomic E-state index is 14.0. The van der Waals surface area contributed by atoms with Crippen molar-refractivity contribution in [2.24, 2.45) is 5.73 Å². The van der Waals surface area contributed by atoms with E-state index in [0.717, 1.165) is 11.6 Å². The molecule has 1 aliphatic rings. The van der Waals surface area contributed by atoms with Crippen LogP contribution in [0, 0.1) is 11.6 Å². The third-order valence-electron chi connectivity index (χ3n) is 4.82. The summed E-state index contributed by atoms with van der Waals surface area (Å²) in [5, 5.41) is 2.36. The van der Waals surface area contributed by atoms with Gasteiger partial charge in [-0.05, 0) is 40.8 Å². The van der Waals surface area contributed by atoms with Crippen LogP contribution < -0.4 is 5.73 Å². The van der Waals surface area contributed by atoms with Gasteiger partial charge in [0.15, 0.2) is 11.6 Å². The van der Waals surface area contributed by atoms with Crippen molar-refractivity contribution in [3.63, 3.8) is 0 Å². The average molecular weight is 309 g/mol. The topological polar surface area (TPSA) is 26.0 Å². The first-order chi connectivity index (χ1) is 11.1. The van der Waals surface area contributed by atoms with Gasteiger partial charge in [-0.3, -0.25) is 0 Å². The molecule has 0 bridgehead atoms. The molecule has 1 fully saturated rings. The van der Waals surface area contributed by atoms with Gasteiger partial charge in [-0.25, -0.2) is 8.78 Å². The van der Waals surface area contributed by atoms with Crippen LogP contribution in [0.2, 0.25) is 0 Å². The van der Waals surface area contributed by atoms with Gasteiger partial charge in [-0.2, -0.15) is 0 Å². The van der Waals surface area contributed by atoms with E-state index in [1.54, 1.807) is 12.1 Å². The van der Waals surface area contributed by atoms with Gasteiger partial charge in [0.1, 0.15) is 0 Å². The molecule has 3 heteroatoms. The van der Waals surface area contributed by atoms with Crippen LogP contribution in [0.1, 0.15) is 23.5 Å². The molecule has 0 heterocycles. The summed E-state index contributed by atoms with van der Waals surface area (Å²) in [4.78, 5) is 0. The van der Waals surface area contributed by atoms with Crippen molar-refractivity contribution in [1.82, 2.24) is 0 Å². The molecule has 1 aliphatic carbocycles. The molecule has 2 atom stereocenters. The number of hydrogen-bond acceptors (Lipinski definition) is 1. The zero-order chi connectivity index (χ0) is 16.0. The second-order valence-corrected chi connectivity index (χ2v) is 6.49. The largest absolute Gasteiger partial charge is 0.324 e. The third-order valence-corrected chi connectivity index (χ3v) is 4.82. The smallest absolute Gasteiger partial charge is 0.162 e. The fraction of sp³-hybridized carbons (Fsp3) is 0.200. The second kappa shape index (κ2) is 5.14. The standard InChI is InChI=1S/C20H17F2N/c21-18-7-3-6-16(19(18)22)17-12-20(17,23)11-13-8-9-14-4-1-2-5-15(14)10-13/h1-10,17H,11-12,23H2. The Kier molecular flexibility index (Phi) is 3.20. The van der Waals surface area contributed by atoms with Crippen molar-refractivity contribution in [3.8, 4) is 0 Å². The summed E-state index contributed by atoms with van der Waals surface area (Å²) in [6.07, 6.45) is 1.35. The minimum absolute atomic E-state index is 0.121. The van der Waals surface area contributed by atoms with E-state index >= 15 is 0 Å². The molecule has 23 heavy (non-hydrogen) atoms. The maximum absolute atomic E-state index is 14.0. The van der Waals surface area contributed by atoms with Crippen molar-refractivity contribution in [3.05, 3.63) is 83.4 Å². The predicted octanol–water partition coefficient (Wildman–Crippen LogP) is 4.55. The van der Waals surface area contributed by atoms with Gasteiger partial charge in [0.2, 0.25) is 0 Å². The van der Waals surface area contributed by atoms with Crippen molar-refractivity contribution in [2.45, 2.75) is 24.3 Å². The highest BCUT2D eigenvalue weighted by Crippen LogP contribution is 2.52. The zero-order valence-electron chi connectivity index (χ0n) is 12.6. The molecule has 2 N–H and O–H groups in total. The van der Waals surface area contributed by atoms with Crippen LogP contribution in [-0.4, -0.2) is 5.54 Å². The molecular weight excluding hydrogens is 292 g/mol. The van der Waals surface area contributed by atoms with Crippen LogP contribution in [-0.2, 0) is 6.42 Å². The van der Waals surface area contributed by atoms with Gasteiger partial charge in [0, 0.05) is 11.5 Å². The lowest BCUT2D eigenvalue weighted by Gasteiger charge is -2.13. The molecule has 3 aromatic rings. The van der Waals surface area contributed by atoms with E-state index in [1.165, 1.54) is 10.8 Å². The minimum Gasteiger partial charge on any atom is -0.324 e. The Morgan fingerprint density at radius 3 is 2.57 bits per heavy atom. The fourth-order valence-electron chi connectivity index (χ4n) is 3.45. The minimum atomic E-state index is -0.803. The van der Waals surface area contributed by atoms with Crippen molar-refractivity contribution >= 4 is 10.8 Å². The number of hydrogen-bond donors (Lipinski definition) is 1. The van der Waals surface area contributed by atoms with Gasteiger partial charge in [-0.1, -0.05) is 54.6 Å². The highest BCUT2D eigenvalue weighted by atomic mass is 19.2. The molecule has 4 rings (SSSR count). The molecule has 0 aliphatic heterocycles. The fourth-order valence-corrected chi connectivity index (χ4v) is 3.45. The molecule has 3 aromatic carbocycles. The lowest BCUT2D eigenvalue weighted by atomic mass is 9.97. The van der Waals surface area contributed by atoms with Crippen molar-refractivity contribution < 1.29 is 8.78 Å². The Hall–Kier alpha value is -2.26. The molecular formula is C20H17F2N. The van der Waals surface area contributed by atoms with E-state index in [0.29, 0.717) is 18.4 Å². The normalized spacial score (nSPS) is 23.2. The molecule has 1 nitrogen and oxygen atoms in total. The van der Waals surface area contributed by atoms with Crippen LogP contribution in [0.4, 0.5) is 8.78 Å². The molecule has 0 amide bonds. The third kappa shape index (κ3) is 2.51. The average Bonchev–Trinajstić information content (AvgIpc) is 3.20. The van der Waals surface area contributed by atoms with E-state index < -0.39 is 17.2 Å². The summed E-state index contributed by atoms with van der Waals surface area (Å²) in [5.74, 6) is -1.68. The molecule has 1 saturated carbocycles. The summed E-state index contributed by atoms with van der Waals surface area (Å²) in [7, 11) is 0. The van der Waals surface area contributed by atoms with E-state index in [9.17, 15) is 8.78 Å². The Morgan fingerprint density at radius 2 is 1.74 bits per heavy atom. The summed E-state index contributed by atoms with van der Waals surface area (Å²) in [6, 6.07) is 18.7. The molecule has 0 saturated heterocycles. The van der Waals surface area contributed by atoms with Crippen LogP contribution in [0.5, 0.6) is 0 Å². The van der Waals surface area contributed by atoms with Crippen LogP contribution in [0.25, 0.3) is 10.8 Å². The van der Waals surface area contributed by atoms with Gasteiger partial charge in [0.05, 0.1) is 0 Å². The van der Waals surface area contributed by atoms with Gasteiger partial charge in [0.25, 0.3) is 0 Å².